The summed E-state index contributed by atoms with van der Waals surface area (Å²) in [6.07, 6.45) is 14.3. The van der Waals surface area contributed by atoms with Gasteiger partial charge in [0.15, 0.2) is 0 Å². The van der Waals surface area contributed by atoms with Crippen molar-refractivity contribution in [2.75, 3.05) is 0 Å². The van der Waals surface area contributed by atoms with Crippen LogP contribution in [0, 0.1) is 0 Å². The zero-order valence-electron chi connectivity index (χ0n) is 13.1. The Kier molecular flexibility index (Phi) is 7.58. The maximum absolute atomic E-state index is 10.2. The van der Waals surface area contributed by atoms with Gasteiger partial charge < -0.3 is 5.11 Å². The lowest BCUT2D eigenvalue weighted by Crippen LogP contribution is -2.13. The van der Waals surface area contributed by atoms with Gasteiger partial charge in [0.25, 0.3) is 0 Å². The number of hydrogen-bond acceptors (Lipinski definition) is 2. The molecule has 0 fully saturated rings. The third-order valence-corrected chi connectivity index (χ3v) is 3.18. The van der Waals surface area contributed by atoms with Gasteiger partial charge in [0, 0.05) is 18.3 Å². The van der Waals surface area contributed by atoms with Gasteiger partial charge in [-0.3, -0.25) is 4.98 Å². The topological polar surface area (TPSA) is 33.1 Å². The third-order valence-electron chi connectivity index (χ3n) is 3.18. The van der Waals surface area contributed by atoms with Crippen LogP contribution in [0.15, 0.2) is 86.2 Å². The molecule has 0 saturated carbocycles. The van der Waals surface area contributed by atoms with E-state index in [0.717, 1.165) is 22.4 Å². The number of aliphatic hydroxyl groups is 1. The highest BCUT2D eigenvalue weighted by Crippen LogP contribution is 2.16. The number of nitrogens with zero attached hydrogens (tertiary/aromatic N) is 1. The highest BCUT2D eigenvalue weighted by atomic mass is 16.3. The van der Waals surface area contributed by atoms with E-state index in [0.29, 0.717) is 6.42 Å². The molecule has 0 bridgehead atoms. The Bertz CT molecular complexity index is 603. The summed E-state index contributed by atoms with van der Waals surface area (Å²) >= 11 is 0. The van der Waals surface area contributed by atoms with Crippen LogP contribution >= 0.6 is 0 Å². The number of pyridine rings is 1. The molecule has 0 aromatic carbocycles. The predicted octanol–water partition coefficient (Wildman–Crippen LogP) is 4.43. The number of allylic oxidation sites excluding steroid dienone is 7. The molecule has 1 aromatic rings. The smallest absolute Gasteiger partial charge is 0.0845 e. The van der Waals surface area contributed by atoms with Gasteiger partial charge in [-0.1, -0.05) is 68.3 Å². The minimum absolute atomic E-state index is 0.438. The van der Waals surface area contributed by atoms with Crippen LogP contribution < -0.4 is 0 Å². The molecule has 1 atom stereocenters. The van der Waals surface area contributed by atoms with E-state index in [-0.39, 0.29) is 0 Å². The minimum Gasteiger partial charge on any atom is -0.388 e. The van der Waals surface area contributed by atoms with Crippen LogP contribution in [0.3, 0.4) is 0 Å². The Hall–Kier alpha value is -2.45. The first-order valence-electron chi connectivity index (χ1n) is 7.20. The molecule has 1 unspecified atom stereocenters. The van der Waals surface area contributed by atoms with Gasteiger partial charge >= 0.3 is 0 Å². The molecule has 114 valence electrons. The first-order valence-corrected chi connectivity index (χ1v) is 7.20. The molecular weight excluding hydrogens is 270 g/mol. The zero-order valence-corrected chi connectivity index (χ0v) is 13.1. The highest BCUT2D eigenvalue weighted by molar-refractivity contribution is 5.74. The fourth-order valence-electron chi connectivity index (χ4n) is 1.97. The maximum Gasteiger partial charge on any atom is 0.0845 e. The van der Waals surface area contributed by atoms with Crippen molar-refractivity contribution in [2.45, 2.75) is 19.4 Å². The first kappa shape index (κ1) is 17.6. The van der Waals surface area contributed by atoms with Crippen molar-refractivity contribution in [2.24, 2.45) is 0 Å². The molecule has 0 aliphatic heterocycles. The maximum atomic E-state index is 10.2. The monoisotopic (exact) mass is 293 g/mol. The van der Waals surface area contributed by atoms with Gasteiger partial charge in [-0.2, -0.15) is 0 Å². The largest absolute Gasteiger partial charge is 0.388 e. The lowest BCUT2D eigenvalue weighted by Gasteiger charge is -2.11. The lowest BCUT2D eigenvalue weighted by molar-refractivity contribution is 0.214. The Labute approximate surface area is 133 Å². The van der Waals surface area contributed by atoms with E-state index >= 15 is 0 Å². The molecule has 0 spiro atoms. The Balaban J connectivity index is 2.89. The molecule has 2 nitrogen and oxygen atoms in total. The predicted molar refractivity (Wildman–Crippen MR) is 95.4 cm³/mol. The molecule has 2 heteroatoms. The normalized spacial score (nSPS) is 13.9. The van der Waals surface area contributed by atoms with Crippen LogP contribution in [-0.4, -0.2) is 16.2 Å². The summed E-state index contributed by atoms with van der Waals surface area (Å²) in [4.78, 5) is 4.41. The summed E-state index contributed by atoms with van der Waals surface area (Å²) in [7, 11) is 0. The van der Waals surface area contributed by atoms with Gasteiger partial charge in [-0.05, 0) is 29.7 Å². The fraction of sp³-hybridized carbons (Fsp3) is 0.150. The molecule has 0 aliphatic carbocycles. The fourth-order valence-corrected chi connectivity index (χ4v) is 1.97. The number of aromatic nitrogens is 1. The minimum atomic E-state index is -0.633. The van der Waals surface area contributed by atoms with E-state index in [9.17, 15) is 5.11 Å². The molecule has 1 N–H and O–H groups in total. The zero-order chi connectivity index (χ0) is 16.4. The van der Waals surface area contributed by atoms with Gasteiger partial charge in [-0.15, -0.1) is 0 Å². The molecular formula is C20H23NO. The van der Waals surface area contributed by atoms with Crippen LogP contribution in [0.1, 0.15) is 18.2 Å². The Morgan fingerprint density at radius 3 is 2.50 bits per heavy atom. The van der Waals surface area contributed by atoms with E-state index in [4.69, 9.17) is 0 Å². The van der Waals surface area contributed by atoms with Gasteiger partial charge in [0.05, 0.1) is 6.10 Å². The molecule has 0 amide bonds. The summed E-state index contributed by atoms with van der Waals surface area (Å²) in [6.45, 7) is 13.1. The van der Waals surface area contributed by atoms with Crippen molar-refractivity contribution in [3.63, 3.8) is 0 Å². The van der Waals surface area contributed by atoms with E-state index in [1.165, 1.54) is 0 Å². The Morgan fingerprint density at radius 2 is 2.00 bits per heavy atom. The second-order valence-electron chi connectivity index (χ2n) is 4.72. The van der Waals surface area contributed by atoms with Crippen molar-refractivity contribution >= 4 is 5.57 Å². The van der Waals surface area contributed by atoms with Crippen molar-refractivity contribution in [3.8, 4) is 0 Å². The average Bonchev–Trinajstić information content (AvgIpc) is 2.54. The van der Waals surface area contributed by atoms with Gasteiger partial charge in [0.1, 0.15) is 0 Å². The summed E-state index contributed by atoms with van der Waals surface area (Å²) in [6, 6.07) is 3.90. The number of rotatable bonds is 8. The third kappa shape index (κ3) is 5.15. The van der Waals surface area contributed by atoms with Gasteiger partial charge in [-0.25, -0.2) is 0 Å². The van der Waals surface area contributed by atoms with Crippen LogP contribution in [-0.2, 0) is 6.42 Å². The summed E-state index contributed by atoms with van der Waals surface area (Å²) in [5.74, 6) is 0. The summed E-state index contributed by atoms with van der Waals surface area (Å²) in [5, 5.41) is 10.2. The standard InChI is InChI=1S/C20H23NO/c1-5-9-11-16(7-3)18-12-13-19(21-15-18)14-20(22)17(8-4)10-6-2/h5-13,15,20,22H,2-4,14H2,1H3/b9-5-,16-11+,17-10+. The van der Waals surface area contributed by atoms with Crippen LogP contribution in [0.5, 0.6) is 0 Å². The molecule has 1 aromatic heterocycles. The van der Waals surface area contributed by atoms with E-state index in [1.807, 2.05) is 37.3 Å². The van der Waals surface area contributed by atoms with Crippen molar-refractivity contribution in [1.82, 2.24) is 4.98 Å². The second-order valence-corrected chi connectivity index (χ2v) is 4.72. The molecule has 1 heterocycles. The van der Waals surface area contributed by atoms with Crippen LogP contribution in [0.25, 0.3) is 5.57 Å². The Morgan fingerprint density at radius 1 is 1.23 bits per heavy atom. The van der Waals surface area contributed by atoms with Crippen LogP contribution in [0.4, 0.5) is 0 Å². The lowest BCUT2D eigenvalue weighted by atomic mass is 10.0. The van der Waals surface area contributed by atoms with E-state index < -0.39 is 6.10 Å². The quantitative estimate of drug-likeness (QED) is 0.719. The molecule has 1 rings (SSSR count). The SMILES string of the molecule is C=C/C=C(\C=C)C(O)Cc1ccc(/C(C=C)=C/C=C\C)cn1. The molecule has 22 heavy (non-hydrogen) atoms. The van der Waals surface area contributed by atoms with Crippen LogP contribution in [0.2, 0.25) is 0 Å². The van der Waals surface area contributed by atoms with Gasteiger partial charge in [0.2, 0.25) is 0 Å². The van der Waals surface area contributed by atoms with Crippen molar-refractivity contribution in [1.29, 1.82) is 0 Å². The van der Waals surface area contributed by atoms with Crippen molar-refractivity contribution in [3.05, 3.63) is 97.4 Å². The number of hydrogen-bond donors (Lipinski definition) is 1. The van der Waals surface area contributed by atoms with E-state index in [2.05, 4.69) is 24.7 Å². The second kappa shape index (κ2) is 9.48. The highest BCUT2D eigenvalue weighted by Gasteiger charge is 2.09. The molecule has 0 radical (unpaired) electrons. The number of aliphatic hydroxyl groups excluding tert-OH is 1. The first-order chi connectivity index (χ1) is 10.7. The molecule has 0 aliphatic rings. The molecule has 0 saturated heterocycles. The summed E-state index contributed by atoms with van der Waals surface area (Å²) < 4.78 is 0. The summed E-state index contributed by atoms with van der Waals surface area (Å²) in [5.41, 5.74) is 3.57. The van der Waals surface area contributed by atoms with Crippen molar-refractivity contribution < 1.29 is 5.11 Å². The van der Waals surface area contributed by atoms with E-state index in [1.54, 1.807) is 30.5 Å². The average molecular weight is 293 g/mol.